The van der Waals surface area contributed by atoms with E-state index in [2.05, 4.69) is 4.72 Å². The topological polar surface area (TPSA) is 85.3 Å². The summed E-state index contributed by atoms with van der Waals surface area (Å²) in [4.78, 5) is 0.183. The molecule has 0 amide bonds. The van der Waals surface area contributed by atoms with E-state index in [0.29, 0.717) is 18.5 Å². The van der Waals surface area contributed by atoms with Crippen LogP contribution in [0.5, 0.6) is 0 Å². The molecule has 1 atom stereocenters. The fourth-order valence-electron chi connectivity index (χ4n) is 1.89. The van der Waals surface area contributed by atoms with Gasteiger partial charge in [0.2, 0.25) is 10.0 Å². The zero-order chi connectivity index (χ0) is 14.6. The second-order valence-corrected chi connectivity index (χ2v) is 6.43. The van der Waals surface area contributed by atoms with Crippen LogP contribution in [0, 0.1) is 0 Å². The molecule has 20 heavy (non-hydrogen) atoms. The van der Waals surface area contributed by atoms with E-state index in [0.717, 1.165) is 5.76 Å². The number of benzene rings is 1. The van der Waals surface area contributed by atoms with Gasteiger partial charge in [-0.25, -0.2) is 13.1 Å². The van der Waals surface area contributed by atoms with Crippen molar-refractivity contribution in [3.8, 4) is 0 Å². The predicted octanol–water partition coefficient (Wildman–Crippen LogP) is 2.16. The Kier molecular flexibility index (Phi) is 4.46. The van der Waals surface area contributed by atoms with Crippen LogP contribution >= 0.6 is 0 Å². The Morgan fingerprint density at radius 1 is 1.30 bits per heavy atom. The summed E-state index contributed by atoms with van der Waals surface area (Å²) in [5, 5.41) is 0. The van der Waals surface area contributed by atoms with Crippen molar-refractivity contribution >= 4 is 15.7 Å². The lowest BCUT2D eigenvalue weighted by Crippen LogP contribution is -2.32. The van der Waals surface area contributed by atoms with E-state index in [1.54, 1.807) is 18.4 Å². The molecule has 0 spiro atoms. The molecule has 0 saturated carbocycles. The molecule has 1 heterocycles. The Labute approximate surface area is 118 Å². The van der Waals surface area contributed by atoms with E-state index < -0.39 is 10.0 Å². The maximum Gasteiger partial charge on any atom is 0.240 e. The fourth-order valence-corrected chi connectivity index (χ4v) is 3.22. The first-order valence-electron chi connectivity index (χ1n) is 6.37. The number of rotatable bonds is 6. The summed E-state index contributed by atoms with van der Waals surface area (Å²) < 4.78 is 32.2. The van der Waals surface area contributed by atoms with Gasteiger partial charge in [0.05, 0.1) is 11.2 Å². The molecule has 0 fully saturated rings. The summed E-state index contributed by atoms with van der Waals surface area (Å²) >= 11 is 0. The zero-order valence-corrected chi connectivity index (χ0v) is 12.1. The molecule has 0 aliphatic rings. The number of aryl methyl sites for hydroxylation is 1. The maximum absolute atomic E-state index is 12.2. The molecular formula is C14H18N2O3S. The number of nitrogens with one attached hydrogen (secondary N) is 1. The summed E-state index contributed by atoms with van der Waals surface area (Å²) in [5.41, 5.74) is 6.03. The molecule has 0 saturated heterocycles. The van der Waals surface area contributed by atoms with Crippen molar-refractivity contribution in [2.45, 2.75) is 30.7 Å². The molecule has 2 rings (SSSR count). The highest BCUT2D eigenvalue weighted by atomic mass is 32.2. The monoisotopic (exact) mass is 294 g/mol. The van der Waals surface area contributed by atoms with Crippen LogP contribution in [0.3, 0.4) is 0 Å². The number of hydrogen-bond donors (Lipinski definition) is 2. The molecule has 1 aromatic carbocycles. The number of anilines is 1. The van der Waals surface area contributed by atoms with Crippen LogP contribution in [-0.2, 0) is 16.4 Å². The molecule has 0 radical (unpaired) electrons. The van der Waals surface area contributed by atoms with E-state index in [4.69, 9.17) is 10.2 Å². The third kappa shape index (κ3) is 3.85. The molecule has 1 aromatic heterocycles. The molecule has 1 unspecified atom stereocenters. The standard InChI is InChI=1S/C14H18N2O3S/c1-11(7-8-13-5-3-9-19-13)16-20(17,18)14-6-2-4-12(15)10-14/h2-6,9-11,16H,7-8,15H2,1H3. The van der Waals surface area contributed by atoms with Crippen LogP contribution in [0.25, 0.3) is 0 Å². The Bertz CT molecular complexity index is 651. The van der Waals surface area contributed by atoms with Crippen molar-refractivity contribution in [2.75, 3.05) is 5.73 Å². The van der Waals surface area contributed by atoms with Gasteiger partial charge in [0.1, 0.15) is 5.76 Å². The SMILES string of the molecule is CC(CCc1ccco1)NS(=O)(=O)c1cccc(N)c1. The molecule has 0 aliphatic heterocycles. The molecule has 108 valence electrons. The second kappa shape index (κ2) is 6.11. The van der Waals surface area contributed by atoms with Crippen LogP contribution in [0.2, 0.25) is 0 Å². The van der Waals surface area contributed by atoms with Crippen molar-refractivity contribution in [2.24, 2.45) is 0 Å². The summed E-state index contributed by atoms with van der Waals surface area (Å²) in [6.45, 7) is 1.83. The summed E-state index contributed by atoms with van der Waals surface area (Å²) in [7, 11) is -3.53. The summed E-state index contributed by atoms with van der Waals surface area (Å²) in [5.74, 6) is 0.847. The number of nitrogen functional groups attached to an aromatic ring is 1. The van der Waals surface area contributed by atoms with Gasteiger partial charge < -0.3 is 10.2 Å². The molecule has 6 heteroatoms. The normalized spacial score (nSPS) is 13.2. The van der Waals surface area contributed by atoms with Crippen LogP contribution < -0.4 is 10.5 Å². The lowest BCUT2D eigenvalue weighted by Gasteiger charge is -2.13. The maximum atomic E-state index is 12.2. The number of sulfonamides is 1. The second-order valence-electron chi connectivity index (χ2n) is 4.71. The van der Waals surface area contributed by atoms with Crippen molar-refractivity contribution in [3.05, 3.63) is 48.4 Å². The van der Waals surface area contributed by atoms with E-state index in [-0.39, 0.29) is 10.9 Å². The highest BCUT2D eigenvalue weighted by Crippen LogP contribution is 2.14. The van der Waals surface area contributed by atoms with Gasteiger partial charge in [-0.05, 0) is 43.7 Å². The largest absolute Gasteiger partial charge is 0.469 e. The number of hydrogen-bond acceptors (Lipinski definition) is 4. The van der Waals surface area contributed by atoms with Crippen LogP contribution in [0.15, 0.2) is 52.0 Å². The number of furan rings is 1. The van der Waals surface area contributed by atoms with Gasteiger partial charge >= 0.3 is 0 Å². The van der Waals surface area contributed by atoms with Gasteiger partial charge in [-0.2, -0.15) is 0 Å². The molecule has 5 nitrogen and oxygen atoms in total. The molecular weight excluding hydrogens is 276 g/mol. The average molecular weight is 294 g/mol. The summed E-state index contributed by atoms with van der Waals surface area (Å²) in [6, 6.07) is 9.75. The smallest absolute Gasteiger partial charge is 0.240 e. The highest BCUT2D eigenvalue weighted by Gasteiger charge is 2.17. The van der Waals surface area contributed by atoms with Crippen molar-refractivity contribution in [3.63, 3.8) is 0 Å². The summed E-state index contributed by atoms with van der Waals surface area (Å²) in [6.07, 6.45) is 2.96. The van der Waals surface area contributed by atoms with Gasteiger partial charge in [0.15, 0.2) is 0 Å². The van der Waals surface area contributed by atoms with E-state index in [1.807, 2.05) is 19.1 Å². The third-order valence-corrected chi connectivity index (χ3v) is 4.52. The molecule has 0 aliphatic carbocycles. The minimum absolute atomic E-state index is 0.183. The van der Waals surface area contributed by atoms with E-state index in [1.165, 1.54) is 12.1 Å². The quantitative estimate of drug-likeness (QED) is 0.799. The molecule has 0 bridgehead atoms. The van der Waals surface area contributed by atoms with E-state index >= 15 is 0 Å². The van der Waals surface area contributed by atoms with Crippen LogP contribution in [-0.4, -0.2) is 14.5 Å². The lowest BCUT2D eigenvalue weighted by atomic mass is 10.2. The van der Waals surface area contributed by atoms with Crippen molar-refractivity contribution in [1.82, 2.24) is 4.72 Å². The lowest BCUT2D eigenvalue weighted by molar-refractivity contribution is 0.480. The van der Waals surface area contributed by atoms with Crippen LogP contribution in [0.1, 0.15) is 19.1 Å². The minimum atomic E-state index is -3.53. The van der Waals surface area contributed by atoms with Gasteiger partial charge in [-0.1, -0.05) is 6.07 Å². The van der Waals surface area contributed by atoms with Crippen molar-refractivity contribution < 1.29 is 12.8 Å². The zero-order valence-electron chi connectivity index (χ0n) is 11.2. The Balaban J connectivity index is 1.97. The Morgan fingerprint density at radius 2 is 2.10 bits per heavy atom. The minimum Gasteiger partial charge on any atom is -0.469 e. The average Bonchev–Trinajstić information content (AvgIpc) is 2.89. The predicted molar refractivity (Wildman–Crippen MR) is 77.7 cm³/mol. The fraction of sp³-hybridized carbons (Fsp3) is 0.286. The first kappa shape index (κ1) is 14.6. The Hall–Kier alpha value is -1.79. The number of nitrogens with two attached hydrogens (primary N) is 1. The molecule has 3 N–H and O–H groups in total. The molecule has 2 aromatic rings. The third-order valence-electron chi connectivity index (χ3n) is 2.93. The highest BCUT2D eigenvalue weighted by molar-refractivity contribution is 7.89. The van der Waals surface area contributed by atoms with Gasteiger partial charge in [0, 0.05) is 18.2 Å². The van der Waals surface area contributed by atoms with Crippen LogP contribution in [0.4, 0.5) is 5.69 Å². The Morgan fingerprint density at radius 3 is 2.75 bits per heavy atom. The van der Waals surface area contributed by atoms with Gasteiger partial charge in [-0.3, -0.25) is 0 Å². The first-order valence-corrected chi connectivity index (χ1v) is 7.86. The van der Waals surface area contributed by atoms with Gasteiger partial charge in [0.25, 0.3) is 0 Å². The van der Waals surface area contributed by atoms with Crippen molar-refractivity contribution in [1.29, 1.82) is 0 Å². The van der Waals surface area contributed by atoms with Gasteiger partial charge in [-0.15, -0.1) is 0 Å². The first-order chi connectivity index (χ1) is 9.47. The van der Waals surface area contributed by atoms with E-state index in [9.17, 15) is 8.42 Å².